The molecule has 0 spiro atoms. The number of fused-ring (bicyclic) bond motifs is 1. The second-order valence-electron chi connectivity index (χ2n) is 7.45. The van der Waals surface area contributed by atoms with Crippen molar-refractivity contribution in [1.29, 1.82) is 0 Å². The maximum absolute atomic E-state index is 11.0. The molecule has 1 aliphatic rings. The third-order valence-corrected chi connectivity index (χ3v) is 5.73. The highest BCUT2D eigenvalue weighted by molar-refractivity contribution is 7.46. The molecule has 0 bridgehead atoms. The van der Waals surface area contributed by atoms with Crippen molar-refractivity contribution >= 4 is 24.8 Å². The number of imidazole rings is 1. The van der Waals surface area contributed by atoms with E-state index < -0.39 is 39.0 Å². The third kappa shape index (κ3) is 5.13. The number of hydrogen-bond acceptors (Lipinski definition) is 11. The molecule has 2 aromatic heterocycles. The molecule has 5 N–H and O–H groups in total. The standard InChI is InChI=1S/C19H24N5O9P/c1-30-11-3-10(4-12(5-11)31-2)6-20-17-14-18(22-8-21-17)24(9-23-14)19-16(26)15(25)13(33-19)7-32-34(27,28)29/h3-5,8-9,13,15-16,19,25-26H,6-7H2,1-2H3,(H,20,21,22)(H2,27,28,29)/t13-,15-,16-,19-/m1/s1. The molecule has 1 aromatic carbocycles. The first-order valence-corrected chi connectivity index (χ1v) is 11.6. The Kier molecular flexibility index (Phi) is 7.00. The molecule has 0 unspecified atom stereocenters. The van der Waals surface area contributed by atoms with Gasteiger partial charge in [-0.25, -0.2) is 19.5 Å². The molecule has 1 fully saturated rings. The van der Waals surface area contributed by atoms with Gasteiger partial charge in [-0.05, 0) is 17.7 Å². The first-order valence-electron chi connectivity index (χ1n) is 10.0. The fourth-order valence-corrected chi connectivity index (χ4v) is 3.93. The average Bonchev–Trinajstić information content (AvgIpc) is 3.37. The number of nitrogens with zero attached hydrogens (tertiary/aromatic N) is 4. The molecule has 4 atom stereocenters. The Balaban J connectivity index is 1.54. The van der Waals surface area contributed by atoms with E-state index in [0.717, 1.165) is 5.56 Å². The van der Waals surface area contributed by atoms with Gasteiger partial charge in [0.1, 0.15) is 36.1 Å². The summed E-state index contributed by atoms with van der Waals surface area (Å²) in [6.07, 6.45) is -2.48. The molecule has 34 heavy (non-hydrogen) atoms. The second kappa shape index (κ2) is 9.80. The summed E-state index contributed by atoms with van der Waals surface area (Å²) in [5.74, 6) is 1.69. The monoisotopic (exact) mass is 497 g/mol. The number of phosphoric acid groups is 1. The molecule has 4 rings (SSSR count). The van der Waals surface area contributed by atoms with Crippen LogP contribution in [0, 0.1) is 0 Å². The zero-order valence-corrected chi connectivity index (χ0v) is 19.1. The van der Waals surface area contributed by atoms with Gasteiger partial charge in [0.2, 0.25) is 0 Å². The summed E-state index contributed by atoms with van der Waals surface area (Å²) in [4.78, 5) is 30.5. The van der Waals surface area contributed by atoms with Crippen molar-refractivity contribution in [2.75, 3.05) is 26.1 Å². The molecule has 14 nitrogen and oxygen atoms in total. The Morgan fingerprint density at radius 3 is 2.44 bits per heavy atom. The number of methoxy groups -OCH3 is 2. The van der Waals surface area contributed by atoms with Crippen LogP contribution in [0.4, 0.5) is 5.82 Å². The van der Waals surface area contributed by atoms with E-state index in [1.807, 2.05) is 12.1 Å². The summed E-state index contributed by atoms with van der Waals surface area (Å²) >= 11 is 0. The molecule has 3 aromatic rings. The summed E-state index contributed by atoms with van der Waals surface area (Å²) in [6, 6.07) is 5.44. The van der Waals surface area contributed by atoms with Gasteiger partial charge in [-0.15, -0.1) is 0 Å². The van der Waals surface area contributed by atoms with Crippen LogP contribution in [0.5, 0.6) is 11.5 Å². The topological polar surface area (TPSA) is 191 Å². The van der Waals surface area contributed by atoms with E-state index in [1.165, 1.54) is 17.2 Å². The van der Waals surface area contributed by atoms with Crippen molar-refractivity contribution in [3.63, 3.8) is 0 Å². The van der Waals surface area contributed by atoms with Gasteiger partial charge >= 0.3 is 7.82 Å². The van der Waals surface area contributed by atoms with Crippen LogP contribution in [0.3, 0.4) is 0 Å². The van der Waals surface area contributed by atoms with Gasteiger partial charge in [-0.2, -0.15) is 0 Å². The molecule has 0 amide bonds. The number of nitrogens with one attached hydrogen (secondary N) is 1. The van der Waals surface area contributed by atoms with Crippen LogP contribution in [0.2, 0.25) is 0 Å². The molecule has 1 aliphatic heterocycles. The van der Waals surface area contributed by atoms with Crippen LogP contribution in [-0.2, 0) is 20.4 Å². The predicted octanol–water partition coefficient (Wildman–Crippen LogP) is 0.184. The summed E-state index contributed by atoms with van der Waals surface area (Å²) in [5.41, 5.74) is 1.57. The molecule has 1 saturated heterocycles. The highest BCUT2D eigenvalue weighted by Gasteiger charge is 2.45. The molecule has 3 heterocycles. The number of rotatable bonds is 9. The van der Waals surface area contributed by atoms with E-state index >= 15 is 0 Å². The Morgan fingerprint density at radius 1 is 1.09 bits per heavy atom. The van der Waals surface area contributed by atoms with Crippen LogP contribution in [0.1, 0.15) is 11.8 Å². The van der Waals surface area contributed by atoms with Crippen LogP contribution >= 0.6 is 7.82 Å². The largest absolute Gasteiger partial charge is 0.497 e. The fourth-order valence-electron chi connectivity index (χ4n) is 3.59. The van der Waals surface area contributed by atoms with Gasteiger partial charge in [0.15, 0.2) is 23.2 Å². The Bertz CT molecular complexity index is 1180. The number of hydrogen-bond donors (Lipinski definition) is 5. The number of benzene rings is 1. The highest BCUT2D eigenvalue weighted by atomic mass is 31.2. The van der Waals surface area contributed by atoms with Gasteiger partial charge in [0.25, 0.3) is 0 Å². The second-order valence-corrected chi connectivity index (χ2v) is 8.69. The zero-order chi connectivity index (χ0) is 24.5. The molecule has 0 saturated carbocycles. The van der Waals surface area contributed by atoms with Gasteiger partial charge in [0, 0.05) is 12.6 Å². The van der Waals surface area contributed by atoms with Crippen LogP contribution in [0.15, 0.2) is 30.9 Å². The van der Waals surface area contributed by atoms with Gasteiger partial charge in [-0.1, -0.05) is 0 Å². The fraction of sp³-hybridized carbons (Fsp3) is 0.421. The van der Waals surface area contributed by atoms with Gasteiger partial charge in [0.05, 0.1) is 27.2 Å². The zero-order valence-electron chi connectivity index (χ0n) is 18.2. The van der Waals surface area contributed by atoms with E-state index in [4.69, 9.17) is 24.0 Å². The first kappa shape index (κ1) is 24.3. The van der Waals surface area contributed by atoms with Crippen LogP contribution < -0.4 is 14.8 Å². The molecule has 15 heteroatoms. The first-order chi connectivity index (χ1) is 16.2. The third-order valence-electron chi connectivity index (χ3n) is 5.25. The van der Waals surface area contributed by atoms with Crippen molar-refractivity contribution in [1.82, 2.24) is 19.5 Å². The minimum Gasteiger partial charge on any atom is -0.497 e. The minimum absolute atomic E-state index is 0.313. The smallest absolute Gasteiger partial charge is 0.469 e. The average molecular weight is 497 g/mol. The predicted molar refractivity (Wildman–Crippen MR) is 116 cm³/mol. The Morgan fingerprint density at radius 2 is 1.79 bits per heavy atom. The molecular formula is C19H24N5O9P. The maximum atomic E-state index is 11.0. The van der Waals surface area contributed by atoms with Gasteiger partial charge < -0.3 is 39.5 Å². The number of phosphoric ester groups is 1. The van der Waals surface area contributed by atoms with Crippen molar-refractivity contribution < 1.29 is 43.3 Å². The molecular weight excluding hydrogens is 473 g/mol. The maximum Gasteiger partial charge on any atom is 0.469 e. The lowest BCUT2D eigenvalue weighted by atomic mass is 10.1. The summed E-state index contributed by atoms with van der Waals surface area (Å²) in [7, 11) is -1.65. The lowest BCUT2D eigenvalue weighted by Gasteiger charge is -2.16. The lowest BCUT2D eigenvalue weighted by molar-refractivity contribution is -0.0504. The Hall–Kier alpha value is -2.84. The number of aliphatic hydroxyl groups excluding tert-OH is 2. The number of aliphatic hydroxyl groups is 2. The summed E-state index contributed by atoms with van der Waals surface area (Å²) < 4.78 is 32.9. The summed E-state index contributed by atoms with van der Waals surface area (Å²) in [6.45, 7) is -0.243. The molecule has 0 radical (unpaired) electrons. The Labute approximate surface area is 193 Å². The minimum atomic E-state index is -4.77. The lowest BCUT2D eigenvalue weighted by Crippen LogP contribution is -2.33. The van der Waals surface area contributed by atoms with E-state index in [9.17, 15) is 14.8 Å². The van der Waals surface area contributed by atoms with Crippen molar-refractivity contribution in [2.24, 2.45) is 0 Å². The van der Waals surface area contributed by atoms with Crippen LogP contribution in [0.25, 0.3) is 11.2 Å². The van der Waals surface area contributed by atoms with Crippen LogP contribution in [-0.4, -0.2) is 78.7 Å². The van der Waals surface area contributed by atoms with Crippen molar-refractivity contribution in [2.45, 2.75) is 31.1 Å². The quantitative estimate of drug-likeness (QED) is 0.252. The molecule has 0 aliphatic carbocycles. The number of ether oxygens (including phenoxy) is 3. The van der Waals surface area contributed by atoms with E-state index in [2.05, 4.69) is 24.8 Å². The van der Waals surface area contributed by atoms with E-state index in [1.54, 1.807) is 20.3 Å². The number of anilines is 1. The van der Waals surface area contributed by atoms with Crippen molar-refractivity contribution in [3.8, 4) is 11.5 Å². The van der Waals surface area contributed by atoms with Gasteiger partial charge in [-0.3, -0.25) is 9.09 Å². The number of aromatic nitrogens is 4. The van der Waals surface area contributed by atoms with E-state index in [-0.39, 0.29) is 0 Å². The molecule has 184 valence electrons. The summed E-state index contributed by atoms with van der Waals surface area (Å²) in [5, 5.41) is 23.9. The highest BCUT2D eigenvalue weighted by Crippen LogP contribution is 2.39. The van der Waals surface area contributed by atoms with Crippen molar-refractivity contribution in [3.05, 3.63) is 36.4 Å². The van der Waals surface area contributed by atoms with E-state index in [0.29, 0.717) is 35.0 Å². The SMILES string of the molecule is COc1cc(CNc2ncnc3c2ncn3[C@@H]2O[C@H](COP(=O)(O)O)[C@@H](O)[C@H]2O)cc(OC)c1. The normalized spacial score (nSPS) is 22.8.